The molecule has 0 radical (unpaired) electrons. The van der Waals surface area contributed by atoms with Crippen LogP contribution in [0.15, 0.2) is 52.9 Å². The molecule has 0 fully saturated rings. The zero-order valence-electron chi connectivity index (χ0n) is 15.8. The normalized spacial score (nSPS) is 10.5. The quantitative estimate of drug-likeness (QED) is 0.515. The first-order valence-electron chi connectivity index (χ1n) is 8.67. The number of methoxy groups -OCH3 is 1. The van der Waals surface area contributed by atoms with Crippen LogP contribution in [-0.4, -0.2) is 23.2 Å². The Balaban J connectivity index is 1.76. The minimum atomic E-state index is -0.436. The summed E-state index contributed by atoms with van der Waals surface area (Å²) in [5.74, 6) is 1.06. The smallest absolute Gasteiger partial charge is 0.261 e. The number of carbonyl (C=O) groups is 1. The summed E-state index contributed by atoms with van der Waals surface area (Å²) >= 11 is 11.3. The van der Waals surface area contributed by atoms with Crippen molar-refractivity contribution in [1.82, 2.24) is 5.32 Å². The highest BCUT2D eigenvalue weighted by Crippen LogP contribution is 2.27. The summed E-state index contributed by atoms with van der Waals surface area (Å²) < 4.78 is 10.8. The number of nitrogens with one attached hydrogen (secondary N) is 2. The van der Waals surface area contributed by atoms with Gasteiger partial charge in [-0.05, 0) is 61.1 Å². The van der Waals surface area contributed by atoms with Gasteiger partial charge in [0.15, 0.2) is 5.11 Å². The number of carbonyl (C=O) groups excluding carboxylic acids is 1. The molecule has 6 nitrogen and oxygen atoms in total. The number of aliphatic hydroxyl groups excluding tert-OH is 1. The Morgan fingerprint density at radius 2 is 2.00 bits per heavy atom. The second kappa shape index (κ2) is 9.09. The van der Waals surface area contributed by atoms with E-state index in [2.05, 4.69) is 10.6 Å². The Morgan fingerprint density at radius 3 is 2.69 bits per heavy atom. The van der Waals surface area contributed by atoms with Crippen molar-refractivity contribution in [2.75, 3.05) is 12.4 Å². The van der Waals surface area contributed by atoms with E-state index in [1.54, 1.807) is 24.3 Å². The highest BCUT2D eigenvalue weighted by atomic mass is 35.5. The first-order chi connectivity index (χ1) is 13.9. The van der Waals surface area contributed by atoms with Gasteiger partial charge in [0.2, 0.25) is 0 Å². The fourth-order valence-electron chi connectivity index (χ4n) is 2.71. The van der Waals surface area contributed by atoms with Crippen molar-refractivity contribution in [2.45, 2.75) is 13.5 Å². The van der Waals surface area contributed by atoms with Crippen LogP contribution in [0.2, 0.25) is 5.02 Å². The highest BCUT2D eigenvalue weighted by Gasteiger charge is 2.15. The number of amides is 1. The SMILES string of the molecule is COc1ccc(Cl)cc1C(=O)NC(=S)Nc1cc(-c2ccc(CO)o2)ccc1C. The minimum absolute atomic E-state index is 0.132. The van der Waals surface area contributed by atoms with Gasteiger partial charge in [-0.1, -0.05) is 23.7 Å². The molecule has 0 spiro atoms. The lowest BCUT2D eigenvalue weighted by atomic mass is 10.1. The lowest BCUT2D eigenvalue weighted by Gasteiger charge is -2.14. The first-order valence-corrected chi connectivity index (χ1v) is 9.46. The number of ether oxygens (including phenoxy) is 1. The van der Waals surface area contributed by atoms with Crippen LogP contribution in [-0.2, 0) is 6.61 Å². The molecule has 0 atom stereocenters. The molecular formula is C21H19ClN2O4S. The van der Waals surface area contributed by atoms with Crippen molar-refractivity contribution in [2.24, 2.45) is 0 Å². The third-order valence-corrected chi connectivity index (χ3v) is 4.66. The Kier molecular flexibility index (Phi) is 6.53. The van der Waals surface area contributed by atoms with Gasteiger partial charge in [-0.3, -0.25) is 10.1 Å². The van der Waals surface area contributed by atoms with Crippen LogP contribution >= 0.6 is 23.8 Å². The van der Waals surface area contributed by atoms with Gasteiger partial charge in [0.25, 0.3) is 5.91 Å². The molecule has 0 bridgehead atoms. The number of rotatable bonds is 5. The van der Waals surface area contributed by atoms with E-state index in [9.17, 15) is 4.79 Å². The molecule has 1 heterocycles. The minimum Gasteiger partial charge on any atom is -0.496 e. The van der Waals surface area contributed by atoms with Crippen molar-refractivity contribution < 1.29 is 19.1 Å². The maximum Gasteiger partial charge on any atom is 0.261 e. The monoisotopic (exact) mass is 430 g/mol. The van der Waals surface area contributed by atoms with Gasteiger partial charge < -0.3 is 19.6 Å². The predicted molar refractivity (Wildman–Crippen MR) is 116 cm³/mol. The van der Waals surface area contributed by atoms with Gasteiger partial charge in [-0.15, -0.1) is 0 Å². The summed E-state index contributed by atoms with van der Waals surface area (Å²) in [4.78, 5) is 12.6. The standard InChI is InChI=1S/C21H19ClN2O4S/c1-12-3-4-13(18-8-6-15(11-25)28-18)9-17(12)23-21(29)24-20(26)16-10-14(22)5-7-19(16)27-2/h3-10,25H,11H2,1-2H3,(H2,23,24,26,29). The van der Waals surface area contributed by atoms with E-state index >= 15 is 0 Å². The third kappa shape index (κ3) is 4.95. The van der Waals surface area contributed by atoms with Crippen molar-refractivity contribution in [1.29, 1.82) is 0 Å². The third-order valence-electron chi connectivity index (χ3n) is 4.22. The fourth-order valence-corrected chi connectivity index (χ4v) is 3.08. The molecular weight excluding hydrogens is 412 g/mol. The number of aryl methyl sites for hydroxylation is 1. The second-order valence-electron chi connectivity index (χ2n) is 6.21. The number of anilines is 1. The number of hydrogen-bond donors (Lipinski definition) is 3. The number of thiocarbonyl (C=S) groups is 1. The Labute approximate surface area is 178 Å². The summed E-state index contributed by atoms with van der Waals surface area (Å²) in [5, 5.41) is 15.4. The van der Waals surface area contributed by atoms with E-state index < -0.39 is 5.91 Å². The van der Waals surface area contributed by atoms with Crippen molar-refractivity contribution >= 4 is 40.5 Å². The van der Waals surface area contributed by atoms with Crippen LogP contribution < -0.4 is 15.4 Å². The van der Waals surface area contributed by atoms with Gasteiger partial charge in [0.1, 0.15) is 23.9 Å². The zero-order valence-corrected chi connectivity index (χ0v) is 17.4. The van der Waals surface area contributed by atoms with E-state index in [-0.39, 0.29) is 17.3 Å². The first kappa shape index (κ1) is 20.9. The van der Waals surface area contributed by atoms with E-state index in [0.717, 1.165) is 11.1 Å². The predicted octanol–water partition coefficient (Wildman–Crippen LogP) is 4.54. The summed E-state index contributed by atoms with van der Waals surface area (Å²) in [6.45, 7) is 1.75. The molecule has 0 aliphatic rings. The van der Waals surface area contributed by atoms with Gasteiger partial charge >= 0.3 is 0 Å². The highest BCUT2D eigenvalue weighted by molar-refractivity contribution is 7.80. The van der Waals surface area contributed by atoms with Crippen molar-refractivity contribution in [3.63, 3.8) is 0 Å². The number of furan rings is 1. The van der Waals surface area contributed by atoms with Crippen LogP contribution in [0.5, 0.6) is 5.75 Å². The molecule has 1 amide bonds. The van der Waals surface area contributed by atoms with Crippen LogP contribution in [0.25, 0.3) is 11.3 Å². The molecule has 2 aromatic carbocycles. The Hall–Kier alpha value is -2.87. The van der Waals surface area contributed by atoms with Gasteiger partial charge in [0, 0.05) is 16.3 Å². The molecule has 0 saturated carbocycles. The van der Waals surface area contributed by atoms with Crippen LogP contribution in [0, 0.1) is 6.92 Å². The number of hydrogen-bond acceptors (Lipinski definition) is 5. The number of aliphatic hydroxyl groups is 1. The Morgan fingerprint density at radius 1 is 1.21 bits per heavy atom. The van der Waals surface area contributed by atoms with E-state index in [1.807, 2.05) is 25.1 Å². The Bertz CT molecular complexity index is 1060. The largest absolute Gasteiger partial charge is 0.496 e. The molecule has 3 aromatic rings. The maximum atomic E-state index is 12.6. The van der Waals surface area contributed by atoms with E-state index in [1.165, 1.54) is 13.2 Å². The summed E-state index contributed by atoms with van der Waals surface area (Å²) in [5.41, 5.74) is 2.73. The molecule has 3 rings (SSSR count). The molecule has 0 aliphatic carbocycles. The molecule has 29 heavy (non-hydrogen) atoms. The molecule has 0 saturated heterocycles. The number of benzene rings is 2. The average Bonchev–Trinajstić information content (AvgIpc) is 3.18. The molecule has 0 unspecified atom stereocenters. The van der Waals surface area contributed by atoms with Gasteiger partial charge in [-0.2, -0.15) is 0 Å². The summed E-state index contributed by atoms with van der Waals surface area (Å²) in [6, 6.07) is 13.9. The summed E-state index contributed by atoms with van der Waals surface area (Å²) in [7, 11) is 1.47. The summed E-state index contributed by atoms with van der Waals surface area (Å²) in [6.07, 6.45) is 0. The maximum absolute atomic E-state index is 12.6. The van der Waals surface area contributed by atoms with Gasteiger partial charge in [0.05, 0.1) is 12.7 Å². The van der Waals surface area contributed by atoms with Crippen LogP contribution in [0.1, 0.15) is 21.7 Å². The molecule has 8 heteroatoms. The molecule has 150 valence electrons. The van der Waals surface area contributed by atoms with Crippen molar-refractivity contribution in [3.8, 4) is 17.1 Å². The van der Waals surface area contributed by atoms with Crippen LogP contribution in [0.4, 0.5) is 5.69 Å². The molecule has 0 aliphatic heterocycles. The topological polar surface area (TPSA) is 83.7 Å². The average molecular weight is 431 g/mol. The van der Waals surface area contributed by atoms with Crippen molar-refractivity contribution in [3.05, 3.63) is 70.4 Å². The van der Waals surface area contributed by atoms with Crippen LogP contribution in [0.3, 0.4) is 0 Å². The fraction of sp³-hybridized carbons (Fsp3) is 0.143. The molecule has 3 N–H and O–H groups in total. The molecule has 1 aromatic heterocycles. The lowest BCUT2D eigenvalue weighted by molar-refractivity contribution is 0.0974. The van der Waals surface area contributed by atoms with E-state index in [0.29, 0.717) is 28.0 Å². The second-order valence-corrected chi connectivity index (χ2v) is 7.05. The van der Waals surface area contributed by atoms with E-state index in [4.69, 9.17) is 38.1 Å². The number of halogens is 1. The van der Waals surface area contributed by atoms with Gasteiger partial charge in [-0.25, -0.2) is 0 Å². The zero-order chi connectivity index (χ0) is 21.0. The lowest BCUT2D eigenvalue weighted by Crippen LogP contribution is -2.34.